The quantitative estimate of drug-likeness (QED) is 0.624. The van der Waals surface area contributed by atoms with Crippen LogP contribution in [0.2, 0.25) is 0 Å². The van der Waals surface area contributed by atoms with E-state index in [4.69, 9.17) is 9.47 Å². The van der Waals surface area contributed by atoms with Crippen LogP contribution in [-0.4, -0.2) is 24.1 Å². The van der Waals surface area contributed by atoms with Gasteiger partial charge in [-0.15, -0.1) is 0 Å². The average Bonchev–Trinajstić information content (AvgIpc) is 2.67. The molecule has 0 bridgehead atoms. The van der Waals surface area contributed by atoms with E-state index in [0.29, 0.717) is 17.6 Å². The summed E-state index contributed by atoms with van der Waals surface area (Å²) in [6.07, 6.45) is -3.93. The lowest BCUT2D eigenvalue weighted by atomic mass is 10.2. The molecule has 0 saturated heterocycles. The molecular formula is C19H16F3N3O2. The molecule has 0 aliphatic heterocycles. The van der Waals surface area contributed by atoms with Crippen LogP contribution in [0.3, 0.4) is 0 Å². The van der Waals surface area contributed by atoms with Crippen molar-refractivity contribution in [2.75, 3.05) is 19.1 Å². The lowest BCUT2D eigenvalue weighted by Crippen LogP contribution is -2.17. The highest BCUT2D eigenvalue weighted by molar-refractivity contribution is 5.65. The predicted molar refractivity (Wildman–Crippen MR) is 94.6 cm³/mol. The molecule has 3 rings (SSSR count). The fourth-order valence-corrected chi connectivity index (χ4v) is 2.41. The summed E-state index contributed by atoms with van der Waals surface area (Å²) in [7, 11) is 3.14. The van der Waals surface area contributed by atoms with Crippen LogP contribution in [0, 0.1) is 0 Å². The average molecular weight is 375 g/mol. The highest BCUT2D eigenvalue weighted by atomic mass is 19.4. The number of benzene rings is 2. The zero-order valence-corrected chi connectivity index (χ0v) is 14.6. The highest BCUT2D eigenvalue weighted by Gasteiger charge is 2.37. The number of alkyl halides is 3. The molecule has 1 heterocycles. The lowest BCUT2D eigenvalue weighted by molar-refractivity contribution is -0.139. The van der Waals surface area contributed by atoms with Crippen molar-refractivity contribution in [2.45, 2.75) is 6.18 Å². The van der Waals surface area contributed by atoms with Gasteiger partial charge in [0.1, 0.15) is 17.1 Å². The molecular weight excluding hydrogens is 359 g/mol. The number of hydrogen-bond donors (Lipinski definition) is 0. The number of para-hydroxylation sites is 3. The van der Waals surface area contributed by atoms with Crippen LogP contribution in [0.1, 0.15) is 5.56 Å². The van der Waals surface area contributed by atoms with Crippen molar-refractivity contribution >= 4 is 11.6 Å². The molecule has 0 spiro atoms. The Morgan fingerprint density at radius 2 is 1.63 bits per heavy atom. The first kappa shape index (κ1) is 18.5. The van der Waals surface area contributed by atoms with Gasteiger partial charge >= 0.3 is 6.18 Å². The Hall–Kier alpha value is -3.29. The Kier molecular flexibility index (Phi) is 5.16. The fourth-order valence-electron chi connectivity index (χ4n) is 2.41. The minimum atomic E-state index is -4.65. The second-order valence-electron chi connectivity index (χ2n) is 5.53. The molecule has 2 aromatic carbocycles. The molecule has 27 heavy (non-hydrogen) atoms. The first-order valence-electron chi connectivity index (χ1n) is 7.94. The molecule has 0 aliphatic carbocycles. The SMILES string of the molecule is COc1ccccc1N(C)c1ncc(C(F)(F)F)c(Oc2ccccc2)n1. The van der Waals surface area contributed by atoms with E-state index in [2.05, 4.69) is 9.97 Å². The van der Waals surface area contributed by atoms with Gasteiger partial charge in [-0.2, -0.15) is 18.2 Å². The van der Waals surface area contributed by atoms with Crippen molar-refractivity contribution in [3.05, 3.63) is 66.4 Å². The Balaban J connectivity index is 2.03. The molecule has 0 fully saturated rings. The molecule has 0 atom stereocenters. The van der Waals surface area contributed by atoms with Gasteiger partial charge in [0, 0.05) is 13.2 Å². The first-order chi connectivity index (χ1) is 12.9. The monoisotopic (exact) mass is 375 g/mol. The molecule has 8 heteroatoms. The maximum atomic E-state index is 13.3. The number of aromatic nitrogens is 2. The molecule has 0 aliphatic rings. The van der Waals surface area contributed by atoms with Crippen molar-refractivity contribution in [3.8, 4) is 17.4 Å². The van der Waals surface area contributed by atoms with Crippen LogP contribution in [-0.2, 0) is 6.18 Å². The molecule has 1 aromatic heterocycles. The maximum Gasteiger partial charge on any atom is 0.423 e. The van der Waals surface area contributed by atoms with Crippen molar-refractivity contribution in [1.29, 1.82) is 0 Å². The van der Waals surface area contributed by atoms with E-state index in [1.54, 1.807) is 61.6 Å². The first-order valence-corrected chi connectivity index (χ1v) is 7.94. The summed E-state index contributed by atoms with van der Waals surface area (Å²) < 4.78 is 50.7. The Bertz CT molecular complexity index is 918. The van der Waals surface area contributed by atoms with E-state index in [1.165, 1.54) is 12.0 Å². The largest absolute Gasteiger partial charge is 0.495 e. The van der Waals surface area contributed by atoms with Crippen molar-refractivity contribution in [2.24, 2.45) is 0 Å². The van der Waals surface area contributed by atoms with Gasteiger partial charge in [-0.3, -0.25) is 0 Å². The molecule has 0 unspecified atom stereocenters. The number of halogens is 3. The minimum absolute atomic E-state index is 0.0402. The molecule has 0 N–H and O–H groups in total. The van der Waals surface area contributed by atoms with Crippen molar-refractivity contribution in [3.63, 3.8) is 0 Å². The fraction of sp³-hybridized carbons (Fsp3) is 0.158. The smallest absolute Gasteiger partial charge is 0.423 e. The number of rotatable bonds is 5. The molecule has 5 nitrogen and oxygen atoms in total. The van der Waals surface area contributed by atoms with Crippen LogP contribution in [0.15, 0.2) is 60.8 Å². The number of anilines is 2. The van der Waals surface area contributed by atoms with Crippen molar-refractivity contribution < 1.29 is 22.6 Å². The Morgan fingerprint density at radius 1 is 0.963 bits per heavy atom. The van der Waals surface area contributed by atoms with E-state index in [0.717, 1.165) is 0 Å². The summed E-state index contributed by atoms with van der Waals surface area (Å²) in [6, 6.07) is 15.2. The van der Waals surface area contributed by atoms with Crippen LogP contribution < -0.4 is 14.4 Å². The van der Waals surface area contributed by atoms with Crippen molar-refractivity contribution in [1.82, 2.24) is 9.97 Å². The van der Waals surface area contributed by atoms with E-state index in [-0.39, 0.29) is 11.7 Å². The summed E-state index contributed by atoms with van der Waals surface area (Å²) in [5.41, 5.74) is -0.450. The summed E-state index contributed by atoms with van der Waals surface area (Å²) in [5, 5.41) is 0. The number of nitrogens with zero attached hydrogens (tertiary/aromatic N) is 3. The summed E-state index contributed by atoms with van der Waals surface area (Å²) in [6.45, 7) is 0. The summed E-state index contributed by atoms with van der Waals surface area (Å²) in [5.74, 6) is 0.250. The predicted octanol–water partition coefficient (Wildman–Crippen LogP) is 5.06. The third-order valence-corrected chi connectivity index (χ3v) is 3.75. The molecule has 140 valence electrons. The topological polar surface area (TPSA) is 47.5 Å². The zero-order valence-electron chi connectivity index (χ0n) is 14.6. The van der Waals surface area contributed by atoms with E-state index in [1.807, 2.05) is 0 Å². The van der Waals surface area contributed by atoms with Gasteiger partial charge in [0.2, 0.25) is 11.8 Å². The summed E-state index contributed by atoms with van der Waals surface area (Å²) >= 11 is 0. The van der Waals surface area contributed by atoms with Crippen LogP contribution in [0.25, 0.3) is 0 Å². The summed E-state index contributed by atoms with van der Waals surface area (Å²) in [4.78, 5) is 9.39. The van der Waals surface area contributed by atoms with E-state index in [9.17, 15) is 13.2 Å². The van der Waals surface area contributed by atoms with Gasteiger partial charge in [-0.05, 0) is 24.3 Å². The van der Waals surface area contributed by atoms with Gasteiger partial charge in [0.25, 0.3) is 0 Å². The third kappa shape index (κ3) is 4.11. The van der Waals surface area contributed by atoms with Crippen LogP contribution in [0.4, 0.5) is 24.8 Å². The standard InChI is InChI=1S/C19H16F3N3O2/c1-25(15-10-6-7-11-16(15)26-2)18-23-12-14(19(20,21)22)17(24-18)27-13-8-4-3-5-9-13/h3-12H,1-2H3. The van der Waals surface area contributed by atoms with Crippen LogP contribution in [0.5, 0.6) is 17.4 Å². The van der Waals surface area contributed by atoms with Crippen LogP contribution >= 0.6 is 0 Å². The van der Waals surface area contributed by atoms with Gasteiger partial charge in [-0.25, -0.2) is 4.98 Å². The molecule has 0 amide bonds. The zero-order chi connectivity index (χ0) is 19.4. The molecule has 3 aromatic rings. The Labute approximate surface area is 154 Å². The van der Waals surface area contributed by atoms with Gasteiger partial charge < -0.3 is 14.4 Å². The highest BCUT2D eigenvalue weighted by Crippen LogP contribution is 2.38. The second-order valence-corrected chi connectivity index (χ2v) is 5.53. The van der Waals surface area contributed by atoms with E-state index >= 15 is 0 Å². The molecule has 0 saturated carbocycles. The van der Waals surface area contributed by atoms with E-state index < -0.39 is 17.6 Å². The minimum Gasteiger partial charge on any atom is -0.495 e. The number of methoxy groups -OCH3 is 1. The maximum absolute atomic E-state index is 13.3. The van der Waals surface area contributed by atoms with Gasteiger partial charge in [0.05, 0.1) is 12.8 Å². The normalized spacial score (nSPS) is 11.1. The third-order valence-electron chi connectivity index (χ3n) is 3.75. The number of hydrogen-bond acceptors (Lipinski definition) is 5. The lowest BCUT2D eigenvalue weighted by Gasteiger charge is -2.21. The number of ether oxygens (including phenoxy) is 2. The second kappa shape index (κ2) is 7.53. The Morgan fingerprint density at radius 3 is 2.30 bits per heavy atom. The van der Waals surface area contributed by atoms with Gasteiger partial charge in [0.15, 0.2) is 0 Å². The van der Waals surface area contributed by atoms with Gasteiger partial charge in [-0.1, -0.05) is 30.3 Å². The molecule has 0 radical (unpaired) electrons.